The highest BCUT2D eigenvalue weighted by Gasteiger charge is 2.23. The zero-order valence-electron chi connectivity index (χ0n) is 17.9. The molecule has 0 atom stereocenters. The van der Waals surface area contributed by atoms with Crippen molar-refractivity contribution in [2.75, 3.05) is 23.9 Å². The lowest BCUT2D eigenvalue weighted by Gasteiger charge is -2.10. The van der Waals surface area contributed by atoms with E-state index in [1.807, 2.05) is 13.8 Å². The zero-order chi connectivity index (χ0) is 23.3. The van der Waals surface area contributed by atoms with Crippen LogP contribution in [0.4, 0.5) is 11.5 Å². The Hall–Kier alpha value is -3.11. The van der Waals surface area contributed by atoms with Crippen LogP contribution in [-0.4, -0.2) is 37.2 Å². The minimum Gasteiger partial charge on any atom is -0.497 e. The smallest absolute Gasteiger partial charge is 0.234 e. The lowest BCUT2D eigenvalue weighted by Crippen LogP contribution is -2.14. The van der Waals surface area contributed by atoms with Gasteiger partial charge in [0.1, 0.15) is 16.5 Å². The topological polar surface area (TPSA) is 124 Å². The number of nitrogens with zero attached hydrogens (tertiary/aromatic N) is 2. The second-order valence-corrected chi connectivity index (χ2v) is 10.1. The van der Waals surface area contributed by atoms with Gasteiger partial charge in [0.05, 0.1) is 24.0 Å². The van der Waals surface area contributed by atoms with Crippen LogP contribution in [0.2, 0.25) is 0 Å². The van der Waals surface area contributed by atoms with Crippen LogP contribution in [0, 0.1) is 0 Å². The monoisotopic (exact) mass is 472 g/mol. The molecule has 3 N–H and O–H groups in total. The molecule has 168 valence electrons. The number of nitrogens with one attached hydrogen (secondary N) is 1. The Morgan fingerprint density at radius 1 is 1.12 bits per heavy atom. The molecule has 1 amide bonds. The average Bonchev–Trinajstić information content (AvgIpc) is 2.78. The van der Waals surface area contributed by atoms with Crippen LogP contribution in [0.25, 0.3) is 0 Å². The minimum atomic E-state index is -3.86. The number of aromatic nitrogens is 2. The Labute approximate surface area is 191 Å². The van der Waals surface area contributed by atoms with Crippen molar-refractivity contribution in [1.82, 2.24) is 9.97 Å². The number of nitrogen functional groups attached to an aromatic ring is 1. The standard InChI is InChI=1S/C22H24N4O4S2/c1-14(2)15-4-10-18(11-5-15)32(28,29)19-12-24-22(26-21(19)23)31-13-20(27)25-16-6-8-17(30-3)9-7-16/h4-12,14H,13H2,1-3H3,(H,25,27)(H2,23,24,26). The highest BCUT2D eigenvalue weighted by molar-refractivity contribution is 7.99. The van der Waals surface area contributed by atoms with Gasteiger partial charge in [0, 0.05) is 5.69 Å². The van der Waals surface area contributed by atoms with Crippen LogP contribution < -0.4 is 15.8 Å². The summed E-state index contributed by atoms with van der Waals surface area (Å²) in [5, 5.41) is 2.96. The third-order valence-corrected chi connectivity index (χ3v) is 7.26. The number of hydrogen-bond acceptors (Lipinski definition) is 8. The van der Waals surface area contributed by atoms with E-state index in [4.69, 9.17) is 10.5 Å². The third kappa shape index (κ3) is 5.57. The summed E-state index contributed by atoms with van der Waals surface area (Å²) in [5.74, 6) is 0.592. The van der Waals surface area contributed by atoms with Gasteiger partial charge in [0.25, 0.3) is 0 Å². The van der Waals surface area contributed by atoms with Gasteiger partial charge in [-0.3, -0.25) is 4.79 Å². The maximum absolute atomic E-state index is 12.9. The predicted molar refractivity (Wildman–Crippen MR) is 125 cm³/mol. The molecule has 0 unspecified atom stereocenters. The molecule has 1 aromatic heterocycles. The van der Waals surface area contributed by atoms with Crippen LogP contribution in [-0.2, 0) is 14.6 Å². The van der Waals surface area contributed by atoms with Crippen molar-refractivity contribution >= 4 is 39.0 Å². The summed E-state index contributed by atoms with van der Waals surface area (Å²) in [6.07, 6.45) is 1.18. The molecule has 0 radical (unpaired) electrons. The van der Waals surface area contributed by atoms with E-state index in [1.54, 1.807) is 55.6 Å². The third-order valence-electron chi connectivity index (χ3n) is 4.61. The normalized spacial score (nSPS) is 11.4. The molecule has 0 saturated carbocycles. The summed E-state index contributed by atoms with van der Waals surface area (Å²) in [4.78, 5) is 20.3. The van der Waals surface area contributed by atoms with Crippen molar-refractivity contribution in [3.8, 4) is 5.75 Å². The van der Waals surface area contributed by atoms with Gasteiger partial charge >= 0.3 is 0 Å². The first-order chi connectivity index (χ1) is 15.2. The van der Waals surface area contributed by atoms with Gasteiger partial charge in [-0.1, -0.05) is 37.7 Å². The number of carbonyl (C=O) groups is 1. The van der Waals surface area contributed by atoms with Gasteiger partial charge < -0.3 is 15.8 Å². The molecule has 0 aliphatic heterocycles. The van der Waals surface area contributed by atoms with Gasteiger partial charge in [-0.15, -0.1) is 0 Å². The van der Waals surface area contributed by atoms with Crippen molar-refractivity contribution in [3.63, 3.8) is 0 Å². The minimum absolute atomic E-state index is 0.0359. The van der Waals surface area contributed by atoms with Crippen molar-refractivity contribution in [2.24, 2.45) is 0 Å². The number of methoxy groups -OCH3 is 1. The molecule has 8 nitrogen and oxygen atoms in total. The molecule has 1 heterocycles. The Bertz CT molecular complexity index is 1200. The summed E-state index contributed by atoms with van der Waals surface area (Å²) in [7, 11) is -2.29. The Balaban J connectivity index is 1.66. The van der Waals surface area contributed by atoms with Gasteiger partial charge in [0.15, 0.2) is 5.16 Å². The molecule has 0 saturated heterocycles. The van der Waals surface area contributed by atoms with Crippen molar-refractivity contribution < 1.29 is 17.9 Å². The fourth-order valence-electron chi connectivity index (χ4n) is 2.80. The van der Waals surface area contributed by atoms with Crippen LogP contribution in [0.3, 0.4) is 0 Å². The number of amides is 1. The molecule has 0 bridgehead atoms. The van der Waals surface area contributed by atoms with E-state index in [-0.39, 0.29) is 32.4 Å². The molecule has 0 aliphatic rings. The summed E-state index contributed by atoms with van der Waals surface area (Å²) in [6, 6.07) is 13.6. The number of ether oxygens (including phenoxy) is 1. The molecule has 3 rings (SSSR count). The predicted octanol–water partition coefficient (Wildman–Crippen LogP) is 3.75. The number of carbonyl (C=O) groups excluding carboxylic acids is 1. The van der Waals surface area contributed by atoms with Gasteiger partial charge in [-0.05, 0) is 47.9 Å². The second-order valence-electron chi connectivity index (χ2n) is 7.19. The van der Waals surface area contributed by atoms with E-state index < -0.39 is 9.84 Å². The SMILES string of the molecule is COc1ccc(NC(=O)CSc2ncc(S(=O)(=O)c3ccc(C(C)C)cc3)c(N)n2)cc1. The van der Waals surface area contributed by atoms with E-state index in [1.165, 1.54) is 6.20 Å². The maximum Gasteiger partial charge on any atom is 0.234 e. The zero-order valence-corrected chi connectivity index (χ0v) is 19.5. The Morgan fingerprint density at radius 2 is 1.78 bits per heavy atom. The number of thioether (sulfide) groups is 1. The molecule has 10 heteroatoms. The quantitative estimate of drug-likeness (QED) is 0.375. The van der Waals surface area contributed by atoms with Crippen molar-refractivity contribution in [1.29, 1.82) is 0 Å². The molecule has 32 heavy (non-hydrogen) atoms. The van der Waals surface area contributed by atoms with Crippen LogP contribution in [0.5, 0.6) is 5.75 Å². The fraction of sp³-hybridized carbons (Fsp3) is 0.227. The number of anilines is 2. The molecular weight excluding hydrogens is 448 g/mol. The fourth-order valence-corrected chi connectivity index (χ4v) is 4.69. The number of sulfone groups is 1. The van der Waals surface area contributed by atoms with E-state index in [9.17, 15) is 13.2 Å². The van der Waals surface area contributed by atoms with E-state index in [0.717, 1.165) is 17.3 Å². The largest absolute Gasteiger partial charge is 0.497 e. The number of rotatable bonds is 8. The molecular formula is C22H24N4O4S2. The van der Waals surface area contributed by atoms with Gasteiger partial charge in [0.2, 0.25) is 15.7 Å². The Morgan fingerprint density at radius 3 is 2.34 bits per heavy atom. The van der Waals surface area contributed by atoms with E-state index in [2.05, 4.69) is 15.3 Å². The second kappa shape index (κ2) is 10.0. The molecule has 3 aromatic rings. The highest BCUT2D eigenvalue weighted by atomic mass is 32.2. The average molecular weight is 473 g/mol. The molecule has 0 aliphatic carbocycles. The number of benzene rings is 2. The maximum atomic E-state index is 12.9. The van der Waals surface area contributed by atoms with Gasteiger partial charge in [-0.25, -0.2) is 18.4 Å². The molecule has 0 spiro atoms. The number of nitrogens with two attached hydrogens (primary N) is 1. The first-order valence-corrected chi connectivity index (χ1v) is 12.2. The first-order valence-electron chi connectivity index (χ1n) is 9.75. The lowest BCUT2D eigenvalue weighted by molar-refractivity contribution is -0.113. The highest BCUT2D eigenvalue weighted by Crippen LogP contribution is 2.27. The summed E-state index contributed by atoms with van der Waals surface area (Å²) >= 11 is 1.06. The van der Waals surface area contributed by atoms with Crippen molar-refractivity contribution in [2.45, 2.75) is 34.7 Å². The summed E-state index contributed by atoms with van der Waals surface area (Å²) < 4.78 is 30.9. The number of hydrogen-bond donors (Lipinski definition) is 2. The van der Waals surface area contributed by atoms with E-state index >= 15 is 0 Å². The molecule has 0 fully saturated rings. The summed E-state index contributed by atoms with van der Waals surface area (Å²) in [5.41, 5.74) is 7.59. The first kappa shape index (κ1) is 23.6. The van der Waals surface area contributed by atoms with Crippen LogP contribution in [0.1, 0.15) is 25.3 Å². The van der Waals surface area contributed by atoms with E-state index in [0.29, 0.717) is 17.4 Å². The molecule has 2 aromatic carbocycles. The van der Waals surface area contributed by atoms with Crippen LogP contribution >= 0.6 is 11.8 Å². The summed E-state index contributed by atoms with van der Waals surface area (Å²) in [6.45, 7) is 4.06. The van der Waals surface area contributed by atoms with Gasteiger partial charge in [-0.2, -0.15) is 0 Å². The Kier molecular flexibility index (Phi) is 7.37. The van der Waals surface area contributed by atoms with Crippen molar-refractivity contribution in [3.05, 3.63) is 60.3 Å². The van der Waals surface area contributed by atoms with Crippen LogP contribution in [0.15, 0.2) is 69.7 Å². The lowest BCUT2D eigenvalue weighted by atomic mass is 10.0.